The molecule has 3 saturated heterocycles. The third-order valence-electron chi connectivity index (χ3n) is 22.3. The zero-order valence-electron chi connectivity index (χ0n) is 60.8. The van der Waals surface area contributed by atoms with Crippen LogP contribution in [-0.4, -0.2) is 207 Å². The molecule has 2 aromatic heterocycles. The zero-order valence-corrected chi connectivity index (χ0v) is 62.4. The van der Waals surface area contributed by atoms with Crippen LogP contribution in [0.4, 0.5) is 0 Å². The molecule has 2 bridgehead atoms. The van der Waals surface area contributed by atoms with E-state index in [9.17, 15) is 64.2 Å². The molecule has 566 valence electrons. The molecule has 3 amide bonds. The summed E-state index contributed by atoms with van der Waals surface area (Å²) >= 11 is 13.3. The fourth-order valence-electron chi connectivity index (χ4n) is 16.3. The summed E-state index contributed by atoms with van der Waals surface area (Å²) in [5.41, 5.74) is 3.46. The number of rotatable bonds is 9. The SMILES string of the molecule is CO[C@H]1C[C@@H]2CC[C@@H](C)[C@@](O)(O2)C(=O)C(=O)N2CCCC[C@H]2C(=O)O[C@H]([C@H](C)C[C@@H]2CC[C@@H](O)[C@H](OC)C2)CC(=O)[C@H](C)/C=C(\C)[C@@H](O)[C@@H](OC)C(=O)[C@H](C)C[C@H](C)/C=C/C=CC=C1C.CO[C@H]1[C@H](O)[C@@H](O)[C@H](n2c3c(Cl)cccc3c3c4c(c5c6cccc(Cl)c6[nH]c5c32)C(=O)NC4=O)O[C@@H]1CO. The number of hydrogen-bond acceptors (Lipinski definition) is 20. The molecule has 0 spiro atoms. The van der Waals surface area contributed by atoms with Gasteiger partial charge in [0.15, 0.2) is 12.0 Å². The van der Waals surface area contributed by atoms with E-state index in [1.54, 1.807) is 82.0 Å². The minimum atomic E-state index is -2.43. The maximum atomic E-state index is 14.4. The number of ether oxygens (including phenoxy) is 7. The molecule has 11 rings (SSSR count). The number of esters is 1. The third kappa shape index (κ3) is 16.2. The van der Waals surface area contributed by atoms with Gasteiger partial charge in [0.25, 0.3) is 23.5 Å². The Morgan fingerprint density at radius 1 is 0.740 bits per heavy atom. The summed E-state index contributed by atoms with van der Waals surface area (Å²) in [7, 11) is 5.87. The van der Waals surface area contributed by atoms with Gasteiger partial charge < -0.3 is 78.2 Å². The molecule has 1 aliphatic carbocycles. The van der Waals surface area contributed by atoms with E-state index in [0.717, 1.165) is 12.0 Å². The molecule has 20 atom stereocenters. The lowest BCUT2D eigenvalue weighted by atomic mass is 9.78. The van der Waals surface area contributed by atoms with E-state index >= 15 is 0 Å². The van der Waals surface area contributed by atoms with Gasteiger partial charge in [-0.05, 0) is 119 Å². The van der Waals surface area contributed by atoms with Gasteiger partial charge in [-0.1, -0.05) is 119 Å². The highest BCUT2D eigenvalue weighted by molar-refractivity contribution is 6.43. The van der Waals surface area contributed by atoms with Crippen LogP contribution in [0.25, 0.3) is 43.6 Å². The van der Waals surface area contributed by atoms with Gasteiger partial charge in [0.2, 0.25) is 5.79 Å². The van der Waals surface area contributed by atoms with Crippen molar-refractivity contribution in [3.63, 3.8) is 0 Å². The molecule has 4 fully saturated rings. The molecule has 104 heavy (non-hydrogen) atoms. The van der Waals surface area contributed by atoms with Crippen LogP contribution in [0.5, 0.6) is 0 Å². The first-order valence-corrected chi connectivity index (χ1v) is 36.8. The summed E-state index contributed by atoms with van der Waals surface area (Å²) in [6, 6.07) is 9.22. The molecule has 8 N–H and O–H groups in total. The number of H-pyrrole nitrogens is 1. The molecule has 26 heteroatoms. The smallest absolute Gasteiger partial charge is 0.329 e. The number of Topliss-reactive ketones (excluding diaryl/α,β-unsaturated/α-hetero) is 3. The number of aliphatic hydroxyl groups is 6. The van der Waals surface area contributed by atoms with Crippen molar-refractivity contribution in [2.45, 2.75) is 211 Å². The van der Waals surface area contributed by atoms with Gasteiger partial charge in [-0.25, -0.2) is 4.79 Å². The van der Waals surface area contributed by atoms with Crippen molar-refractivity contribution < 1.29 is 97.4 Å². The second-order valence-electron chi connectivity index (χ2n) is 29.3. The van der Waals surface area contributed by atoms with Gasteiger partial charge in [0, 0.05) is 87.1 Å². The molecular formula is C78H100Cl2N4O20. The van der Waals surface area contributed by atoms with E-state index in [2.05, 4.69) is 10.3 Å². The van der Waals surface area contributed by atoms with Crippen LogP contribution < -0.4 is 5.32 Å². The maximum absolute atomic E-state index is 14.4. The highest BCUT2D eigenvalue weighted by Crippen LogP contribution is 2.49. The highest BCUT2D eigenvalue weighted by Gasteiger charge is 2.54. The van der Waals surface area contributed by atoms with E-state index < -0.39 is 133 Å². The average Bonchev–Trinajstić information content (AvgIpc) is 1.52. The number of allylic oxidation sites excluding steroid dienone is 6. The highest BCUT2D eigenvalue weighted by atomic mass is 35.5. The Bertz CT molecular complexity index is 4160. The van der Waals surface area contributed by atoms with Crippen molar-refractivity contribution >= 4 is 108 Å². The monoisotopic (exact) mass is 1480 g/mol. The lowest BCUT2D eigenvalue weighted by molar-refractivity contribution is -0.265. The number of amides is 3. The molecule has 1 saturated carbocycles. The van der Waals surface area contributed by atoms with Gasteiger partial charge in [0.1, 0.15) is 54.6 Å². The molecular weight excluding hydrogens is 1380 g/mol. The summed E-state index contributed by atoms with van der Waals surface area (Å²) in [6.45, 7) is 12.2. The molecule has 3 aromatic carbocycles. The number of fused-ring (bicyclic) bond motifs is 13. The van der Waals surface area contributed by atoms with Gasteiger partial charge in [-0.15, -0.1) is 0 Å². The van der Waals surface area contributed by atoms with Crippen LogP contribution in [0.3, 0.4) is 0 Å². The van der Waals surface area contributed by atoms with Crippen LogP contribution in [0.1, 0.15) is 152 Å². The van der Waals surface area contributed by atoms with Crippen molar-refractivity contribution in [3.8, 4) is 0 Å². The summed E-state index contributed by atoms with van der Waals surface area (Å²) in [6.07, 6.45) is 5.01. The number of para-hydroxylation sites is 2. The molecule has 5 aliphatic heterocycles. The van der Waals surface area contributed by atoms with E-state index in [0.29, 0.717) is 112 Å². The van der Waals surface area contributed by atoms with Gasteiger partial charge in [0.05, 0.1) is 74.3 Å². The Balaban J connectivity index is 0.000000250. The molecule has 0 unspecified atom stereocenters. The predicted molar refractivity (Wildman–Crippen MR) is 390 cm³/mol. The van der Waals surface area contributed by atoms with Crippen molar-refractivity contribution in [2.75, 3.05) is 41.6 Å². The van der Waals surface area contributed by atoms with Crippen molar-refractivity contribution in [1.82, 2.24) is 19.8 Å². The van der Waals surface area contributed by atoms with Crippen LogP contribution in [0.15, 0.2) is 84.0 Å². The average molecular weight is 1480 g/mol. The second kappa shape index (κ2) is 34.1. The van der Waals surface area contributed by atoms with Gasteiger partial charge >= 0.3 is 5.97 Å². The van der Waals surface area contributed by atoms with Crippen LogP contribution in [0.2, 0.25) is 10.0 Å². The Labute approximate surface area is 615 Å². The molecule has 24 nitrogen and oxygen atoms in total. The first kappa shape index (κ1) is 80.0. The predicted octanol–water partition coefficient (Wildman–Crippen LogP) is 9.43. The largest absolute Gasteiger partial charge is 0.460 e. The number of ketones is 3. The zero-order chi connectivity index (χ0) is 75.5. The normalized spacial score (nSPS) is 34.0. The van der Waals surface area contributed by atoms with E-state index in [1.807, 2.05) is 58.1 Å². The Morgan fingerprint density at radius 3 is 2.12 bits per heavy atom. The van der Waals surface area contributed by atoms with Gasteiger partial charge in [-0.3, -0.25) is 34.1 Å². The molecule has 0 radical (unpaired) electrons. The second-order valence-corrected chi connectivity index (χ2v) is 30.1. The first-order chi connectivity index (χ1) is 49.5. The van der Waals surface area contributed by atoms with Gasteiger partial charge in [-0.2, -0.15) is 0 Å². The molecule has 7 heterocycles. The minimum absolute atomic E-state index is 0.0193. The summed E-state index contributed by atoms with van der Waals surface area (Å²) in [5.74, 6) is -9.08. The molecule has 5 aromatic rings. The van der Waals surface area contributed by atoms with E-state index in [-0.39, 0.29) is 71.0 Å². The summed E-state index contributed by atoms with van der Waals surface area (Å²) < 4.78 is 42.4. The van der Waals surface area contributed by atoms with Crippen LogP contribution in [-0.2, 0) is 57.1 Å². The van der Waals surface area contributed by atoms with Crippen LogP contribution >= 0.6 is 23.2 Å². The lowest BCUT2D eigenvalue weighted by Gasteiger charge is -2.42. The standard InChI is InChI=1S/C51H79NO13.C27H21Cl2N3O7/c1-30-16-12-11-13-17-31(2)42(61-8)28-38-21-19-36(7)51(60,65-38)48(57)49(58)52-23-15-14-18-39(52)50(59)64-43(33(4)26-37-20-22-40(53)44(27-37)62-9)29-41(54)32(3)25-35(6)46(56)47(63-10)45(55)34(5)24-30;1-38-24-13(8-33)39-27(23(35)22(24)34)32-20-10(5-3-7-12(20)29)15-17-16(25(36)31-26(17)37)14-9-4-2-6-11(28)18(9)30-19(14)21(15)32/h11-13,16-17,25,30,32-34,36-40,42-44,46-47,53,56,60H,14-15,18-24,26-29H2,1-10H3;2-7,13,22-24,27,30,33-35H,8H2,1H3,(H,31,36,37)/b13-11?,16-12+,31-17?,35-25+;/t30-,32-,33-,34-,36-,37+,38+,39+,40-,42+,43+,44-,46-,47+,51-;13-,22-,23-,24-,27-/m11/s1. The quantitative estimate of drug-likeness (QED) is 0.0295. The Hall–Kier alpha value is -6.59. The van der Waals surface area contributed by atoms with Crippen molar-refractivity contribution in [1.29, 1.82) is 0 Å². The fraction of sp³-hybridized carbons (Fsp3) is 0.577. The number of benzene rings is 3. The Morgan fingerprint density at radius 2 is 1.44 bits per heavy atom. The van der Waals surface area contributed by atoms with Crippen LogP contribution in [0, 0.1) is 35.5 Å². The van der Waals surface area contributed by atoms with Crippen molar-refractivity contribution in [3.05, 3.63) is 105 Å². The summed E-state index contributed by atoms with van der Waals surface area (Å²) in [4.78, 5) is 102. The molecule has 6 aliphatic rings. The number of halogens is 2. The number of aromatic amines is 1. The third-order valence-corrected chi connectivity index (χ3v) is 22.9. The number of aliphatic hydroxyl groups excluding tert-OH is 5. The fourth-order valence-corrected chi connectivity index (χ4v) is 16.8. The van der Waals surface area contributed by atoms with E-state index in [4.69, 9.17) is 56.4 Å². The topological polar surface area (TPSA) is 341 Å². The number of piperidine rings is 1. The number of nitrogens with one attached hydrogen (secondary N) is 2. The first-order valence-electron chi connectivity index (χ1n) is 36.1. The number of carbonyl (C=O) groups excluding carboxylic acids is 7. The summed E-state index contributed by atoms with van der Waals surface area (Å²) in [5, 5.41) is 71.3. The maximum Gasteiger partial charge on any atom is 0.329 e. The van der Waals surface area contributed by atoms with E-state index in [1.165, 1.54) is 19.1 Å². The number of carbonyl (C=O) groups is 7. The Kier molecular flexibility index (Phi) is 26.2. The minimum Gasteiger partial charge on any atom is -0.460 e. The number of hydrogen-bond donors (Lipinski definition) is 8. The number of aromatic nitrogens is 2. The lowest BCUT2D eigenvalue weighted by Crippen LogP contribution is -2.61. The number of cyclic esters (lactones) is 1. The van der Waals surface area contributed by atoms with Crippen molar-refractivity contribution in [2.24, 2.45) is 35.5 Å². The number of imide groups is 1. The number of nitrogens with zero attached hydrogens (tertiary/aromatic N) is 2. The number of methoxy groups -OCH3 is 4.